The molecule has 0 spiro atoms. The maximum atomic E-state index is 12.8. The Bertz CT molecular complexity index is 1250. The molecule has 8 nitrogen and oxygen atoms in total. The number of nitrogens with zero attached hydrogens (tertiary/aromatic N) is 3. The lowest BCUT2D eigenvalue weighted by molar-refractivity contribution is -0.121. The molecular weight excluding hydrogens is 410 g/mol. The first-order valence-corrected chi connectivity index (χ1v) is 9.74. The zero-order chi connectivity index (χ0) is 22.7. The van der Waals surface area contributed by atoms with Crippen LogP contribution in [-0.2, 0) is 4.79 Å². The summed E-state index contributed by atoms with van der Waals surface area (Å²) in [7, 11) is 3.10. The number of amides is 1. The molecule has 8 heteroatoms. The van der Waals surface area contributed by atoms with Crippen LogP contribution in [0.2, 0.25) is 0 Å². The monoisotopic (exact) mass is 429 g/mol. The van der Waals surface area contributed by atoms with Crippen LogP contribution < -0.4 is 19.1 Å². The van der Waals surface area contributed by atoms with Gasteiger partial charge in [0.25, 0.3) is 5.91 Å². The van der Waals surface area contributed by atoms with E-state index in [1.165, 1.54) is 11.0 Å². The van der Waals surface area contributed by atoms with Crippen molar-refractivity contribution in [1.82, 2.24) is 4.98 Å². The summed E-state index contributed by atoms with van der Waals surface area (Å²) in [5.41, 5.74) is 2.04. The maximum Gasteiger partial charge on any atom is 0.266 e. The Kier molecular flexibility index (Phi) is 5.73. The molecule has 1 aliphatic heterocycles. The third-order valence-electron chi connectivity index (χ3n) is 5.04. The van der Waals surface area contributed by atoms with E-state index in [1.54, 1.807) is 56.7 Å². The first-order valence-electron chi connectivity index (χ1n) is 9.74. The van der Waals surface area contributed by atoms with E-state index in [-0.39, 0.29) is 30.7 Å². The molecule has 32 heavy (non-hydrogen) atoms. The van der Waals surface area contributed by atoms with Crippen LogP contribution in [0.3, 0.4) is 0 Å². The van der Waals surface area contributed by atoms with Gasteiger partial charge in [0.15, 0.2) is 35.5 Å². The molecule has 1 amide bonds. The largest absolute Gasteiger partial charge is 0.493 e. The number of fused-ring (bicyclic) bond motifs is 1. The van der Waals surface area contributed by atoms with Crippen LogP contribution >= 0.6 is 0 Å². The summed E-state index contributed by atoms with van der Waals surface area (Å²) in [4.78, 5) is 31.4. The van der Waals surface area contributed by atoms with E-state index in [9.17, 15) is 9.59 Å². The molecule has 0 fully saturated rings. The van der Waals surface area contributed by atoms with Crippen LogP contribution in [0.5, 0.6) is 17.2 Å². The summed E-state index contributed by atoms with van der Waals surface area (Å²) in [6.45, 7) is -0.400. The van der Waals surface area contributed by atoms with E-state index in [0.29, 0.717) is 34.1 Å². The topological polar surface area (TPSA) is 102 Å². The lowest BCUT2D eigenvalue weighted by Crippen LogP contribution is -2.42. The highest BCUT2D eigenvalue weighted by Gasteiger charge is 2.29. The third kappa shape index (κ3) is 3.96. The summed E-state index contributed by atoms with van der Waals surface area (Å²) in [5, 5.41) is 9.08. The van der Waals surface area contributed by atoms with Gasteiger partial charge in [0.2, 0.25) is 0 Å². The number of carbonyl (C=O) groups is 2. The van der Waals surface area contributed by atoms with Crippen molar-refractivity contribution >= 4 is 17.5 Å². The molecule has 0 unspecified atom stereocenters. The van der Waals surface area contributed by atoms with E-state index in [1.807, 2.05) is 12.1 Å². The fraction of sp³-hybridized carbons (Fsp3) is 0.167. The molecule has 0 N–H and O–H groups in total. The molecule has 0 bridgehead atoms. The van der Waals surface area contributed by atoms with Crippen molar-refractivity contribution < 1.29 is 23.8 Å². The predicted octanol–water partition coefficient (Wildman–Crippen LogP) is 3.25. The molecule has 2 aromatic carbocycles. The summed E-state index contributed by atoms with van der Waals surface area (Å²) in [6, 6.07) is 17.2. The molecule has 1 aromatic heterocycles. The average molecular weight is 429 g/mol. The highest BCUT2D eigenvalue weighted by molar-refractivity contribution is 6.07. The fourth-order valence-electron chi connectivity index (χ4n) is 3.39. The Balaban J connectivity index is 1.68. The Morgan fingerprint density at radius 1 is 1.12 bits per heavy atom. The number of hydrogen-bond donors (Lipinski definition) is 0. The molecule has 0 saturated heterocycles. The fourth-order valence-corrected chi connectivity index (χ4v) is 3.39. The first kappa shape index (κ1) is 20.9. The minimum absolute atomic E-state index is 0.185. The van der Waals surface area contributed by atoms with Gasteiger partial charge >= 0.3 is 0 Å². The zero-order valence-electron chi connectivity index (χ0n) is 17.5. The molecule has 0 saturated carbocycles. The third-order valence-corrected chi connectivity index (χ3v) is 5.04. The number of benzene rings is 2. The van der Waals surface area contributed by atoms with E-state index >= 15 is 0 Å². The summed E-state index contributed by atoms with van der Waals surface area (Å²) < 4.78 is 16.1. The van der Waals surface area contributed by atoms with Crippen molar-refractivity contribution in [2.24, 2.45) is 0 Å². The van der Waals surface area contributed by atoms with Crippen molar-refractivity contribution in [3.63, 3.8) is 0 Å². The number of hydrogen-bond acceptors (Lipinski definition) is 7. The van der Waals surface area contributed by atoms with Crippen LogP contribution in [0.15, 0.2) is 54.6 Å². The van der Waals surface area contributed by atoms with Gasteiger partial charge in [-0.2, -0.15) is 5.26 Å². The molecule has 160 valence electrons. The Hall–Kier alpha value is -4.38. The van der Waals surface area contributed by atoms with Crippen molar-refractivity contribution in [3.8, 4) is 34.6 Å². The highest BCUT2D eigenvalue weighted by atomic mass is 16.5. The molecule has 0 aliphatic carbocycles. The van der Waals surface area contributed by atoms with E-state index in [0.717, 1.165) is 5.56 Å². The summed E-state index contributed by atoms with van der Waals surface area (Å²) >= 11 is 0. The second-order valence-electron chi connectivity index (χ2n) is 6.97. The van der Waals surface area contributed by atoms with Gasteiger partial charge in [0, 0.05) is 11.1 Å². The van der Waals surface area contributed by atoms with Gasteiger partial charge in [-0.25, -0.2) is 4.98 Å². The standard InChI is InChI=1S/C24H19N3O5/c1-30-20-8-6-16(11-22(20)31-2)18-7-9-21-24(26-18)27(23(29)14-32-21)13-19(28)17-5-3-4-15(10-17)12-25/h3-11H,13-14H2,1-2H3. The van der Waals surface area contributed by atoms with Gasteiger partial charge in [0.1, 0.15) is 0 Å². The van der Waals surface area contributed by atoms with Crippen molar-refractivity contribution in [2.75, 3.05) is 32.3 Å². The molecule has 0 radical (unpaired) electrons. The second kappa shape index (κ2) is 8.78. The number of methoxy groups -OCH3 is 2. The quantitative estimate of drug-likeness (QED) is 0.554. The van der Waals surface area contributed by atoms with Gasteiger partial charge in [-0.05, 0) is 42.5 Å². The number of Topliss-reactive ketones (excluding diaryl/α,β-unsaturated/α-hetero) is 1. The number of aromatic nitrogens is 1. The number of anilines is 1. The number of nitriles is 1. The smallest absolute Gasteiger partial charge is 0.266 e. The Morgan fingerprint density at radius 2 is 1.94 bits per heavy atom. The molecule has 2 heterocycles. The lowest BCUT2D eigenvalue weighted by Gasteiger charge is -2.28. The lowest BCUT2D eigenvalue weighted by atomic mass is 10.1. The second-order valence-corrected chi connectivity index (χ2v) is 6.97. The van der Waals surface area contributed by atoms with Crippen LogP contribution in [0, 0.1) is 11.3 Å². The number of carbonyl (C=O) groups excluding carboxylic acids is 2. The first-order chi connectivity index (χ1) is 15.5. The zero-order valence-corrected chi connectivity index (χ0v) is 17.5. The Labute approximate surface area is 184 Å². The summed E-state index contributed by atoms with van der Waals surface area (Å²) in [5.74, 6) is 1.12. The minimum atomic E-state index is -0.376. The molecule has 4 rings (SSSR count). The van der Waals surface area contributed by atoms with Crippen LogP contribution in [0.4, 0.5) is 5.82 Å². The summed E-state index contributed by atoms with van der Waals surface area (Å²) in [6.07, 6.45) is 0. The normalized spacial score (nSPS) is 12.4. The van der Waals surface area contributed by atoms with Crippen molar-refractivity contribution in [3.05, 3.63) is 65.7 Å². The molecule has 3 aromatic rings. The number of rotatable bonds is 6. The number of ketones is 1. The highest BCUT2D eigenvalue weighted by Crippen LogP contribution is 2.36. The van der Waals surface area contributed by atoms with Gasteiger partial charge in [-0.1, -0.05) is 12.1 Å². The molecular formula is C24H19N3O5. The van der Waals surface area contributed by atoms with Gasteiger partial charge < -0.3 is 14.2 Å². The number of ether oxygens (including phenoxy) is 3. The van der Waals surface area contributed by atoms with Crippen molar-refractivity contribution in [2.45, 2.75) is 0 Å². The van der Waals surface area contributed by atoms with Gasteiger partial charge in [-0.15, -0.1) is 0 Å². The SMILES string of the molecule is COc1ccc(-c2ccc3c(n2)N(CC(=O)c2cccc(C#N)c2)C(=O)CO3)cc1OC. The van der Waals surface area contributed by atoms with Gasteiger partial charge in [0.05, 0.1) is 38.1 Å². The van der Waals surface area contributed by atoms with Crippen LogP contribution in [-0.4, -0.2) is 44.0 Å². The molecule has 0 atom stereocenters. The predicted molar refractivity (Wildman–Crippen MR) is 116 cm³/mol. The average Bonchev–Trinajstić information content (AvgIpc) is 2.84. The van der Waals surface area contributed by atoms with E-state index < -0.39 is 0 Å². The maximum absolute atomic E-state index is 12.8. The van der Waals surface area contributed by atoms with Crippen molar-refractivity contribution in [1.29, 1.82) is 5.26 Å². The van der Waals surface area contributed by atoms with E-state index in [4.69, 9.17) is 19.5 Å². The van der Waals surface area contributed by atoms with Gasteiger partial charge in [-0.3, -0.25) is 14.5 Å². The van der Waals surface area contributed by atoms with Crippen LogP contribution in [0.1, 0.15) is 15.9 Å². The Morgan fingerprint density at radius 3 is 2.69 bits per heavy atom. The minimum Gasteiger partial charge on any atom is -0.493 e. The number of pyridine rings is 1. The van der Waals surface area contributed by atoms with Crippen LogP contribution in [0.25, 0.3) is 11.3 Å². The van der Waals surface area contributed by atoms with E-state index in [2.05, 4.69) is 4.98 Å². The molecule has 1 aliphatic rings.